The van der Waals surface area contributed by atoms with E-state index >= 15 is 0 Å². The van der Waals surface area contributed by atoms with Gasteiger partial charge in [-0.3, -0.25) is 4.79 Å². The van der Waals surface area contributed by atoms with E-state index in [-0.39, 0.29) is 11.4 Å². The van der Waals surface area contributed by atoms with Gasteiger partial charge in [-0.1, -0.05) is 13.8 Å². The minimum absolute atomic E-state index is 0.241. The summed E-state index contributed by atoms with van der Waals surface area (Å²) in [5.74, 6) is -0.247. The van der Waals surface area contributed by atoms with Gasteiger partial charge in [-0.2, -0.15) is 0 Å². The fraction of sp³-hybridized carbons (Fsp3) is 0.867. The Balaban J connectivity index is 4.47. The molecule has 0 rings (SSSR count). The lowest BCUT2D eigenvalue weighted by molar-refractivity contribution is -0.152. The molecule has 0 bridgehead atoms. The summed E-state index contributed by atoms with van der Waals surface area (Å²) in [5.41, 5.74) is -1.35. The minimum atomic E-state index is -0.589. The Hall–Kier alpha value is -1.26. The van der Waals surface area contributed by atoms with E-state index in [1.54, 1.807) is 0 Å². The number of alkyl carbamates (subject to hydrolysis) is 1. The first-order chi connectivity index (χ1) is 8.79. The highest BCUT2D eigenvalue weighted by Crippen LogP contribution is 2.34. The molecule has 0 fully saturated rings. The zero-order chi connectivity index (χ0) is 16.2. The maximum Gasteiger partial charge on any atom is 0.407 e. The van der Waals surface area contributed by atoms with Crippen molar-refractivity contribution in [3.05, 3.63) is 0 Å². The van der Waals surface area contributed by atoms with Crippen molar-refractivity contribution in [2.75, 3.05) is 13.7 Å². The largest absolute Gasteiger partial charge is 0.469 e. The molecule has 5 nitrogen and oxygen atoms in total. The van der Waals surface area contributed by atoms with Crippen molar-refractivity contribution in [3.8, 4) is 0 Å². The Morgan fingerprint density at radius 2 is 1.50 bits per heavy atom. The first-order valence-corrected chi connectivity index (χ1v) is 6.84. The van der Waals surface area contributed by atoms with Crippen molar-refractivity contribution in [2.45, 2.75) is 60.5 Å². The SMILES string of the molecule is COC(=O)C(C)(C)CC(C)(C)CNC(=O)OC(C)(C)C. The van der Waals surface area contributed by atoms with Crippen molar-refractivity contribution in [3.63, 3.8) is 0 Å². The molecule has 0 radical (unpaired) electrons. The molecule has 0 aromatic heterocycles. The van der Waals surface area contributed by atoms with E-state index in [0.29, 0.717) is 13.0 Å². The number of methoxy groups -OCH3 is 1. The lowest BCUT2D eigenvalue weighted by Crippen LogP contribution is -2.41. The van der Waals surface area contributed by atoms with Gasteiger partial charge in [0.2, 0.25) is 0 Å². The number of hydrogen-bond donors (Lipinski definition) is 1. The van der Waals surface area contributed by atoms with Crippen molar-refractivity contribution in [2.24, 2.45) is 10.8 Å². The van der Waals surface area contributed by atoms with Crippen LogP contribution in [0.4, 0.5) is 4.79 Å². The molecule has 0 aromatic rings. The predicted octanol–water partition coefficient (Wildman–Crippen LogP) is 3.13. The van der Waals surface area contributed by atoms with Crippen LogP contribution in [0.2, 0.25) is 0 Å². The molecule has 1 amide bonds. The van der Waals surface area contributed by atoms with Gasteiger partial charge in [0.15, 0.2) is 0 Å². The molecule has 0 saturated carbocycles. The third-order valence-corrected chi connectivity index (χ3v) is 2.77. The molecule has 0 aliphatic carbocycles. The lowest BCUT2D eigenvalue weighted by atomic mass is 9.75. The van der Waals surface area contributed by atoms with Crippen molar-refractivity contribution in [1.82, 2.24) is 5.32 Å². The summed E-state index contributed by atoms with van der Waals surface area (Å²) in [6, 6.07) is 0. The summed E-state index contributed by atoms with van der Waals surface area (Å²) >= 11 is 0. The second-order valence-corrected chi connectivity index (χ2v) is 7.57. The van der Waals surface area contributed by atoms with E-state index < -0.39 is 17.1 Å². The molecular formula is C15H29NO4. The molecule has 0 saturated heterocycles. The van der Waals surface area contributed by atoms with E-state index in [4.69, 9.17) is 9.47 Å². The van der Waals surface area contributed by atoms with Crippen LogP contribution in [-0.2, 0) is 14.3 Å². The monoisotopic (exact) mass is 287 g/mol. The highest BCUT2D eigenvalue weighted by Gasteiger charge is 2.36. The lowest BCUT2D eigenvalue weighted by Gasteiger charge is -2.33. The van der Waals surface area contributed by atoms with Crippen LogP contribution in [0.1, 0.15) is 54.9 Å². The third-order valence-electron chi connectivity index (χ3n) is 2.77. The smallest absolute Gasteiger partial charge is 0.407 e. The zero-order valence-electron chi connectivity index (χ0n) is 14.0. The molecule has 20 heavy (non-hydrogen) atoms. The van der Waals surface area contributed by atoms with Gasteiger partial charge in [0.1, 0.15) is 5.60 Å². The molecule has 118 valence electrons. The van der Waals surface area contributed by atoms with Gasteiger partial charge in [0.05, 0.1) is 12.5 Å². The molecule has 0 aliphatic heterocycles. The number of amides is 1. The molecule has 5 heteroatoms. The Kier molecular flexibility index (Phi) is 6.05. The first-order valence-electron chi connectivity index (χ1n) is 6.84. The normalized spacial score (nSPS) is 12.8. The standard InChI is InChI=1S/C15H29NO4/c1-13(2,3)20-12(18)16-10-14(4,5)9-15(6,7)11(17)19-8/h9-10H2,1-8H3,(H,16,18). The van der Waals surface area contributed by atoms with Gasteiger partial charge in [-0.15, -0.1) is 0 Å². The Labute approximate surface area is 122 Å². The summed E-state index contributed by atoms with van der Waals surface area (Å²) in [6.45, 7) is 13.6. The van der Waals surface area contributed by atoms with Crippen LogP contribution < -0.4 is 5.32 Å². The van der Waals surface area contributed by atoms with Crippen molar-refractivity contribution < 1.29 is 19.1 Å². The summed E-state index contributed by atoms with van der Waals surface area (Å²) in [4.78, 5) is 23.3. The predicted molar refractivity (Wildman–Crippen MR) is 78.4 cm³/mol. The summed E-state index contributed by atoms with van der Waals surface area (Å²) in [5, 5.41) is 2.75. The number of rotatable bonds is 5. The summed E-state index contributed by atoms with van der Waals surface area (Å²) in [6.07, 6.45) is 0.157. The van der Waals surface area contributed by atoms with Crippen LogP contribution in [0.25, 0.3) is 0 Å². The third kappa shape index (κ3) is 7.36. The number of carbonyl (C=O) groups is 2. The van der Waals surface area contributed by atoms with E-state index in [9.17, 15) is 9.59 Å². The average molecular weight is 287 g/mol. The highest BCUT2D eigenvalue weighted by molar-refractivity contribution is 5.75. The molecule has 0 unspecified atom stereocenters. The zero-order valence-corrected chi connectivity index (χ0v) is 14.0. The molecule has 0 aromatic carbocycles. The van der Waals surface area contributed by atoms with Crippen LogP contribution in [-0.4, -0.2) is 31.3 Å². The van der Waals surface area contributed by atoms with Gasteiger partial charge in [-0.05, 0) is 46.5 Å². The van der Waals surface area contributed by atoms with Crippen LogP contribution in [0, 0.1) is 10.8 Å². The fourth-order valence-corrected chi connectivity index (χ4v) is 2.23. The van der Waals surface area contributed by atoms with Crippen LogP contribution >= 0.6 is 0 Å². The molecular weight excluding hydrogens is 258 g/mol. The number of hydrogen-bond acceptors (Lipinski definition) is 4. The molecule has 0 atom stereocenters. The van der Waals surface area contributed by atoms with Crippen molar-refractivity contribution >= 4 is 12.1 Å². The number of esters is 1. The maximum absolute atomic E-state index is 11.7. The molecule has 0 aliphatic rings. The van der Waals surface area contributed by atoms with Gasteiger partial charge in [-0.25, -0.2) is 4.79 Å². The van der Waals surface area contributed by atoms with Crippen LogP contribution in [0.5, 0.6) is 0 Å². The molecule has 0 spiro atoms. The summed E-state index contributed by atoms with van der Waals surface area (Å²) < 4.78 is 9.99. The minimum Gasteiger partial charge on any atom is -0.469 e. The second kappa shape index (κ2) is 6.46. The first kappa shape index (κ1) is 18.7. The van der Waals surface area contributed by atoms with Crippen LogP contribution in [0.15, 0.2) is 0 Å². The van der Waals surface area contributed by atoms with Gasteiger partial charge in [0, 0.05) is 6.54 Å². The topological polar surface area (TPSA) is 64.6 Å². The molecule has 0 heterocycles. The number of ether oxygens (including phenoxy) is 2. The Morgan fingerprint density at radius 3 is 1.90 bits per heavy atom. The summed E-state index contributed by atoms with van der Waals surface area (Å²) in [7, 11) is 1.38. The van der Waals surface area contributed by atoms with Crippen LogP contribution in [0.3, 0.4) is 0 Å². The second-order valence-electron chi connectivity index (χ2n) is 7.57. The number of carbonyl (C=O) groups excluding carboxylic acids is 2. The average Bonchev–Trinajstić information content (AvgIpc) is 2.21. The molecule has 1 N–H and O–H groups in total. The quantitative estimate of drug-likeness (QED) is 0.789. The van der Waals surface area contributed by atoms with E-state index in [1.165, 1.54) is 7.11 Å². The number of nitrogens with one attached hydrogen (secondary N) is 1. The van der Waals surface area contributed by atoms with Gasteiger partial charge < -0.3 is 14.8 Å². The Morgan fingerprint density at radius 1 is 1.00 bits per heavy atom. The van der Waals surface area contributed by atoms with E-state index in [0.717, 1.165) is 0 Å². The van der Waals surface area contributed by atoms with Gasteiger partial charge in [0.25, 0.3) is 0 Å². The maximum atomic E-state index is 11.7. The fourth-order valence-electron chi connectivity index (χ4n) is 2.23. The Bertz CT molecular complexity index is 353. The van der Waals surface area contributed by atoms with Gasteiger partial charge >= 0.3 is 12.1 Å². The van der Waals surface area contributed by atoms with E-state index in [2.05, 4.69) is 5.32 Å². The highest BCUT2D eigenvalue weighted by atomic mass is 16.6. The van der Waals surface area contributed by atoms with E-state index in [1.807, 2.05) is 48.5 Å². The van der Waals surface area contributed by atoms with Crippen molar-refractivity contribution in [1.29, 1.82) is 0 Å².